The molecule has 5 rings (SSSR count). The first-order valence-corrected chi connectivity index (χ1v) is 11.5. The molecule has 1 aliphatic heterocycles. The summed E-state index contributed by atoms with van der Waals surface area (Å²) in [4.78, 5) is 12.3. The minimum absolute atomic E-state index is 0.0750. The van der Waals surface area contributed by atoms with Gasteiger partial charge in [-0.1, -0.05) is 58.0 Å². The van der Waals surface area contributed by atoms with Gasteiger partial charge >= 0.3 is 7.12 Å². The van der Waals surface area contributed by atoms with Crippen LogP contribution in [-0.2, 0) is 20.5 Å². The Bertz CT molecular complexity index is 771. The number of carbonyl (C=O) groups is 1. The van der Waals surface area contributed by atoms with Crippen molar-refractivity contribution in [3.8, 4) is 0 Å². The number of amides is 1. The molecule has 5 nitrogen and oxygen atoms in total. The first kappa shape index (κ1) is 21.9. The maximum absolute atomic E-state index is 12.3. The van der Waals surface area contributed by atoms with Crippen molar-refractivity contribution in [2.45, 2.75) is 84.0 Å². The zero-order valence-corrected chi connectivity index (χ0v) is 19.1. The van der Waals surface area contributed by atoms with Crippen LogP contribution >= 0.6 is 0 Å². The predicted molar refractivity (Wildman–Crippen MR) is 120 cm³/mol. The van der Waals surface area contributed by atoms with Crippen molar-refractivity contribution in [3.63, 3.8) is 0 Å². The summed E-state index contributed by atoms with van der Waals surface area (Å²) in [6.07, 6.45) is 3.86. The molecule has 6 atom stereocenters. The Balaban J connectivity index is 1.51. The average Bonchev–Trinajstić information content (AvgIpc) is 3.04. The largest absolute Gasteiger partial charge is 0.475 e. The molecular weight excluding hydrogens is 375 g/mol. The molecule has 6 heteroatoms. The van der Waals surface area contributed by atoms with Gasteiger partial charge < -0.3 is 20.4 Å². The number of nitrogens with two attached hydrogens (primary N) is 1. The Kier molecular flexibility index (Phi) is 5.80. The molecule has 30 heavy (non-hydrogen) atoms. The molecule has 3 N–H and O–H groups in total. The molecule has 0 spiro atoms. The van der Waals surface area contributed by atoms with Gasteiger partial charge in [-0.2, -0.15) is 0 Å². The van der Waals surface area contributed by atoms with Crippen LogP contribution in [0.5, 0.6) is 0 Å². The normalized spacial score (nSPS) is 33.7. The van der Waals surface area contributed by atoms with Crippen molar-refractivity contribution >= 4 is 13.0 Å². The lowest BCUT2D eigenvalue weighted by atomic mass is 9.43. The zero-order valence-electron chi connectivity index (χ0n) is 19.1. The molecule has 3 aliphatic carbocycles. The molecular formula is C24H37BN2O3. The highest BCUT2D eigenvalue weighted by molar-refractivity contribution is 6.47. The topological polar surface area (TPSA) is 73.6 Å². The van der Waals surface area contributed by atoms with Crippen LogP contribution < -0.4 is 11.1 Å². The Morgan fingerprint density at radius 2 is 1.93 bits per heavy atom. The number of nitrogens with one attached hydrogen (secondary N) is 1. The molecule has 1 amide bonds. The molecule has 1 aromatic rings. The van der Waals surface area contributed by atoms with E-state index in [1.54, 1.807) is 0 Å². The van der Waals surface area contributed by atoms with Crippen molar-refractivity contribution in [3.05, 3.63) is 35.9 Å². The molecule has 4 fully saturated rings. The Morgan fingerprint density at radius 3 is 2.53 bits per heavy atom. The molecule has 3 saturated carbocycles. The van der Waals surface area contributed by atoms with Gasteiger partial charge in [-0.25, -0.2) is 0 Å². The van der Waals surface area contributed by atoms with Crippen LogP contribution in [0.3, 0.4) is 0 Å². The first-order valence-electron chi connectivity index (χ1n) is 11.5. The molecule has 6 unspecified atom stereocenters. The Hall–Kier alpha value is -1.37. The van der Waals surface area contributed by atoms with Gasteiger partial charge in [-0.15, -0.1) is 0 Å². The fourth-order valence-corrected chi connectivity index (χ4v) is 6.19. The molecule has 1 heterocycles. The fraction of sp³-hybridized carbons (Fsp3) is 0.708. The quantitative estimate of drug-likeness (QED) is 0.643. The summed E-state index contributed by atoms with van der Waals surface area (Å²) in [6, 6.07) is 9.56. The van der Waals surface area contributed by atoms with Crippen molar-refractivity contribution in [1.29, 1.82) is 0 Å². The van der Waals surface area contributed by atoms with E-state index >= 15 is 0 Å². The second kappa shape index (κ2) is 7.96. The molecule has 164 valence electrons. The third-order valence-corrected chi connectivity index (χ3v) is 8.06. The van der Waals surface area contributed by atoms with Crippen molar-refractivity contribution < 1.29 is 14.1 Å². The standard InChI is InChI=1S/C24H37BN2O3/c1-15(2)11-21(27-18(22(26)28)12-16-9-7-6-8-10-16)25-29-20-14-17-13-19(23(17,3)4)24(20,5)30-25/h6-10,15,17-21,27H,11-14H2,1-5H3,(H2,26,28). The van der Waals surface area contributed by atoms with E-state index in [0.717, 1.165) is 24.3 Å². The van der Waals surface area contributed by atoms with Crippen LogP contribution in [0.2, 0.25) is 0 Å². The van der Waals surface area contributed by atoms with E-state index in [9.17, 15) is 4.79 Å². The highest BCUT2D eigenvalue weighted by atomic mass is 16.7. The summed E-state index contributed by atoms with van der Waals surface area (Å²) in [5.74, 6) is 1.28. The molecule has 0 aromatic heterocycles. The highest BCUT2D eigenvalue weighted by Crippen LogP contribution is 2.65. The van der Waals surface area contributed by atoms with E-state index in [4.69, 9.17) is 15.0 Å². The second-order valence-electron chi connectivity index (χ2n) is 10.9. The summed E-state index contributed by atoms with van der Waals surface area (Å²) in [5.41, 5.74) is 6.94. The lowest BCUT2D eigenvalue weighted by Crippen LogP contribution is -2.65. The van der Waals surface area contributed by atoms with Gasteiger partial charge in [0.1, 0.15) is 0 Å². The smallest absolute Gasteiger partial charge is 0.404 e. The number of primary amides is 1. The van der Waals surface area contributed by atoms with Crippen LogP contribution in [-0.4, -0.2) is 36.7 Å². The van der Waals surface area contributed by atoms with E-state index < -0.39 is 6.04 Å². The van der Waals surface area contributed by atoms with Gasteiger partial charge in [0, 0.05) is 5.94 Å². The first-order chi connectivity index (χ1) is 14.1. The van der Waals surface area contributed by atoms with Crippen molar-refractivity contribution in [1.82, 2.24) is 5.32 Å². The lowest BCUT2D eigenvalue weighted by Gasteiger charge is -2.64. The van der Waals surface area contributed by atoms with Gasteiger partial charge in [0.15, 0.2) is 0 Å². The molecule has 1 aromatic carbocycles. The summed E-state index contributed by atoms with van der Waals surface area (Å²) < 4.78 is 13.2. The zero-order chi connectivity index (χ0) is 21.7. The third kappa shape index (κ3) is 3.83. The van der Waals surface area contributed by atoms with Gasteiger partial charge in [-0.3, -0.25) is 4.79 Å². The second-order valence-corrected chi connectivity index (χ2v) is 10.9. The molecule has 2 bridgehead atoms. The summed E-state index contributed by atoms with van der Waals surface area (Å²) in [5, 5.41) is 3.53. The number of rotatable bonds is 8. The number of hydrogen-bond acceptors (Lipinski definition) is 4. The lowest BCUT2D eigenvalue weighted by molar-refractivity contribution is -0.199. The third-order valence-electron chi connectivity index (χ3n) is 8.06. The summed E-state index contributed by atoms with van der Waals surface area (Å²) in [6.45, 7) is 11.4. The number of hydrogen-bond donors (Lipinski definition) is 2. The van der Waals surface area contributed by atoms with Crippen LogP contribution in [0.25, 0.3) is 0 Å². The number of benzene rings is 1. The summed E-state index contributed by atoms with van der Waals surface area (Å²) >= 11 is 0. The van der Waals surface area contributed by atoms with E-state index in [1.807, 2.05) is 30.3 Å². The minimum Gasteiger partial charge on any atom is -0.404 e. The average molecular weight is 412 g/mol. The number of carbonyl (C=O) groups excluding carboxylic acids is 1. The minimum atomic E-state index is -0.455. The van der Waals surface area contributed by atoms with Crippen LogP contribution in [0, 0.1) is 23.2 Å². The Morgan fingerprint density at radius 1 is 1.23 bits per heavy atom. The maximum atomic E-state index is 12.3. The fourth-order valence-electron chi connectivity index (χ4n) is 6.19. The monoisotopic (exact) mass is 412 g/mol. The highest BCUT2D eigenvalue weighted by Gasteiger charge is 2.68. The molecule has 4 aliphatic rings. The van der Waals surface area contributed by atoms with E-state index in [1.165, 1.54) is 6.42 Å². The van der Waals surface area contributed by atoms with Crippen molar-refractivity contribution in [2.75, 3.05) is 0 Å². The van der Waals surface area contributed by atoms with E-state index in [0.29, 0.717) is 23.7 Å². The maximum Gasteiger partial charge on any atom is 0.475 e. The van der Waals surface area contributed by atoms with E-state index in [-0.39, 0.29) is 30.7 Å². The van der Waals surface area contributed by atoms with Gasteiger partial charge in [0.25, 0.3) is 0 Å². The van der Waals surface area contributed by atoms with Crippen LogP contribution in [0.4, 0.5) is 0 Å². The Labute approximate surface area is 181 Å². The van der Waals surface area contributed by atoms with Gasteiger partial charge in [0.05, 0.1) is 17.7 Å². The van der Waals surface area contributed by atoms with Crippen LogP contribution in [0.15, 0.2) is 30.3 Å². The van der Waals surface area contributed by atoms with E-state index in [2.05, 4.69) is 39.9 Å². The molecule has 0 radical (unpaired) electrons. The SMILES string of the molecule is CC(C)CC(NC(Cc1ccccc1)C(N)=O)B1OC2CC3CC(C3(C)C)C2(C)O1. The molecule has 1 saturated heterocycles. The van der Waals surface area contributed by atoms with Gasteiger partial charge in [0.2, 0.25) is 5.91 Å². The summed E-state index contributed by atoms with van der Waals surface area (Å²) in [7, 11) is -0.352. The van der Waals surface area contributed by atoms with Crippen molar-refractivity contribution in [2.24, 2.45) is 28.9 Å². The van der Waals surface area contributed by atoms with Gasteiger partial charge in [-0.05, 0) is 61.3 Å². The van der Waals surface area contributed by atoms with Crippen LogP contribution in [0.1, 0.15) is 59.4 Å². The predicted octanol–water partition coefficient (Wildman–Crippen LogP) is 3.35.